The zero-order valence-electron chi connectivity index (χ0n) is 11.6. The van der Waals surface area contributed by atoms with Gasteiger partial charge in [-0.25, -0.2) is 17.8 Å². The second-order valence-electron chi connectivity index (χ2n) is 4.61. The molecule has 0 fully saturated rings. The van der Waals surface area contributed by atoms with Gasteiger partial charge < -0.3 is 0 Å². The fourth-order valence-electron chi connectivity index (χ4n) is 1.89. The van der Waals surface area contributed by atoms with Crippen LogP contribution in [0.1, 0.15) is 5.69 Å². The smallest absolute Gasteiger partial charge is 0.257 e. The monoisotopic (exact) mass is 354 g/mol. The first-order chi connectivity index (χ1) is 10.9. The Morgan fingerprint density at radius 3 is 2.96 bits per heavy atom. The zero-order valence-corrected chi connectivity index (χ0v) is 13.2. The van der Waals surface area contributed by atoms with Crippen LogP contribution in [0.25, 0.3) is 4.96 Å². The first-order valence-electron chi connectivity index (χ1n) is 6.41. The zero-order chi connectivity index (χ0) is 16.4. The van der Waals surface area contributed by atoms with Gasteiger partial charge in [0, 0.05) is 17.8 Å². The summed E-state index contributed by atoms with van der Waals surface area (Å²) in [5.41, 5.74) is 2.59. The highest BCUT2D eigenvalue weighted by Crippen LogP contribution is 2.12. The van der Waals surface area contributed by atoms with Gasteiger partial charge in [0.2, 0.25) is 5.91 Å². The number of halogens is 1. The molecule has 23 heavy (non-hydrogen) atoms. The summed E-state index contributed by atoms with van der Waals surface area (Å²) in [4.78, 5) is 18.4. The van der Waals surface area contributed by atoms with Gasteiger partial charge >= 0.3 is 0 Å². The van der Waals surface area contributed by atoms with Crippen LogP contribution in [0.5, 0.6) is 0 Å². The number of thiazole rings is 1. The van der Waals surface area contributed by atoms with Gasteiger partial charge in [-0.2, -0.15) is 0 Å². The topological polar surface area (TPSA) is 92.6 Å². The lowest BCUT2D eigenvalue weighted by atomic mass is 10.3. The average Bonchev–Trinajstić information content (AvgIpc) is 3.06. The van der Waals surface area contributed by atoms with Gasteiger partial charge in [0.15, 0.2) is 4.96 Å². The number of carbonyl (C=O) groups is 1. The Morgan fingerprint density at radius 2 is 2.22 bits per heavy atom. The van der Waals surface area contributed by atoms with E-state index >= 15 is 0 Å². The highest BCUT2D eigenvalue weighted by Gasteiger charge is 2.16. The molecule has 2 aromatic heterocycles. The minimum Gasteiger partial charge on any atom is -0.297 e. The number of hydrogen-bond donors (Lipinski definition) is 2. The number of rotatable bonds is 5. The van der Waals surface area contributed by atoms with Gasteiger partial charge in [-0.05, 0) is 18.2 Å². The summed E-state index contributed by atoms with van der Waals surface area (Å²) in [7, 11) is -4.03. The summed E-state index contributed by atoms with van der Waals surface area (Å²) in [5.74, 6) is -1.26. The molecule has 0 bridgehead atoms. The number of sulfonamides is 1. The number of aromatic nitrogens is 2. The lowest BCUT2D eigenvalue weighted by molar-refractivity contribution is -0.120. The molecule has 0 atom stereocenters. The van der Waals surface area contributed by atoms with Gasteiger partial charge in [-0.1, -0.05) is 6.07 Å². The van der Waals surface area contributed by atoms with Crippen LogP contribution in [-0.4, -0.2) is 23.7 Å². The number of fused-ring (bicyclic) bond motifs is 1. The lowest BCUT2D eigenvalue weighted by Gasteiger charge is -2.07. The summed E-state index contributed by atoms with van der Waals surface area (Å²) >= 11 is 1.42. The summed E-state index contributed by atoms with van der Waals surface area (Å²) in [6.07, 6.45) is 3.41. The molecule has 0 unspecified atom stereocenters. The minimum atomic E-state index is -4.03. The van der Waals surface area contributed by atoms with E-state index in [1.807, 2.05) is 10.2 Å². The third-order valence-corrected chi connectivity index (χ3v) is 4.93. The lowest BCUT2D eigenvalue weighted by Crippen LogP contribution is -2.42. The van der Waals surface area contributed by atoms with Crippen LogP contribution in [0, 0.1) is 5.82 Å². The van der Waals surface area contributed by atoms with Crippen molar-refractivity contribution in [1.29, 1.82) is 0 Å². The van der Waals surface area contributed by atoms with E-state index in [4.69, 9.17) is 0 Å². The van der Waals surface area contributed by atoms with Crippen LogP contribution in [0.15, 0.2) is 46.9 Å². The van der Waals surface area contributed by atoms with Gasteiger partial charge in [0.25, 0.3) is 10.0 Å². The summed E-state index contributed by atoms with van der Waals surface area (Å²) in [6, 6.07) is 4.48. The number of imidazole rings is 1. The first-order valence-corrected chi connectivity index (χ1v) is 8.78. The maximum atomic E-state index is 13.1. The average molecular weight is 354 g/mol. The third kappa shape index (κ3) is 3.55. The quantitative estimate of drug-likeness (QED) is 0.671. The van der Waals surface area contributed by atoms with Crippen molar-refractivity contribution in [3.05, 3.63) is 53.6 Å². The Morgan fingerprint density at radius 1 is 1.39 bits per heavy atom. The molecule has 7 nitrogen and oxygen atoms in total. The largest absolute Gasteiger partial charge is 0.297 e. The Balaban J connectivity index is 1.63. The highest BCUT2D eigenvalue weighted by molar-refractivity contribution is 7.89. The van der Waals surface area contributed by atoms with Gasteiger partial charge in [0.05, 0.1) is 17.0 Å². The van der Waals surface area contributed by atoms with Crippen LogP contribution < -0.4 is 10.3 Å². The molecule has 3 rings (SSSR count). The Kier molecular flexibility index (Phi) is 4.11. The molecule has 0 saturated heterocycles. The molecule has 120 valence electrons. The molecule has 0 radical (unpaired) electrons. The van der Waals surface area contributed by atoms with Crippen LogP contribution >= 0.6 is 11.3 Å². The fourth-order valence-corrected chi connectivity index (χ4v) is 3.50. The normalized spacial score (nSPS) is 11.7. The molecule has 2 N–H and O–H groups in total. The van der Waals surface area contributed by atoms with E-state index in [2.05, 4.69) is 10.4 Å². The number of benzene rings is 1. The molecular formula is C13H11FN4O3S2. The molecule has 3 aromatic rings. The third-order valence-electron chi connectivity index (χ3n) is 2.92. The number of carbonyl (C=O) groups excluding carboxylic acids is 1. The van der Waals surface area contributed by atoms with Gasteiger partial charge in [-0.3, -0.25) is 14.6 Å². The molecule has 0 spiro atoms. The number of amides is 1. The Bertz CT molecular complexity index is 936. The maximum Gasteiger partial charge on any atom is 0.257 e. The SMILES string of the molecule is O=C(Cc1cn2ccsc2n1)NNS(=O)(=O)c1cccc(F)c1. The van der Waals surface area contributed by atoms with Crippen LogP contribution in [0.4, 0.5) is 4.39 Å². The first kappa shape index (κ1) is 15.6. The molecule has 0 aliphatic rings. The standard InChI is InChI=1S/C13H11FN4O3S2/c14-9-2-1-3-11(6-9)23(20,21)17-16-12(19)7-10-8-18-4-5-22-13(18)15-10/h1-6,8,17H,7H2,(H,16,19). The molecule has 10 heteroatoms. The van der Waals surface area contributed by atoms with Crippen LogP contribution in [-0.2, 0) is 21.2 Å². The van der Waals surface area contributed by atoms with Crippen LogP contribution in [0.2, 0.25) is 0 Å². The number of nitrogens with zero attached hydrogens (tertiary/aromatic N) is 2. The van der Waals surface area contributed by atoms with Gasteiger partial charge in [0.1, 0.15) is 5.82 Å². The predicted molar refractivity (Wildman–Crippen MR) is 81.6 cm³/mol. The number of hydrazine groups is 1. The summed E-state index contributed by atoms with van der Waals surface area (Å²) < 4.78 is 38.7. The van der Waals surface area contributed by atoms with Crippen molar-refractivity contribution in [2.45, 2.75) is 11.3 Å². The Labute approximate surface area is 134 Å². The molecule has 0 aliphatic heterocycles. The van der Waals surface area contributed by atoms with E-state index in [0.29, 0.717) is 5.69 Å². The highest BCUT2D eigenvalue weighted by atomic mass is 32.2. The fraction of sp³-hybridized carbons (Fsp3) is 0.0769. The van der Waals surface area contributed by atoms with Crippen molar-refractivity contribution in [1.82, 2.24) is 19.6 Å². The summed E-state index contributed by atoms with van der Waals surface area (Å²) in [5, 5.41) is 1.86. The predicted octanol–water partition coefficient (Wildman–Crippen LogP) is 1.09. The van der Waals surface area contributed by atoms with Crippen molar-refractivity contribution in [2.75, 3.05) is 0 Å². The number of hydrogen-bond acceptors (Lipinski definition) is 5. The van der Waals surface area contributed by atoms with E-state index in [0.717, 1.165) is 17.1 Å². The summed E-state index contributed by atoms with van der Waals surface area (Å²) in [6.45, 7) is 0. The Hall–Kier alpha value is -2.30. The van der Waals surface area contributed by atoms with E-state index in [1.165, 1.54) is 23.5 Å². The molecule has 1 aromatic carbocycles. The van der Waals surface area contributed by atoms with Crippen molar-refractivity contribution in [3.63, 3.8) is 0 Å². The van der Waals surface area contributed by atoms with Crippen LogP contribution in [0.3, 0.4) is 0 Å². The van der Waals surface area contributed by atoms with Crippen molar-refractivity contribution in [3.8, 4) is 0 Å². The molecule has 0 saturated carbocycles. The minimum absolute atomic E-state index is 0.0833. The molecular weight excluding hydrogens is 343 g/mol. The van der Waals surface area contributed by atoms with Crippen molar-refractivity contribution < 1.29 is 17.6 Å². The van der Waals surface area contributed by atoms with E-state index in [1.54, 1.807) is 16.8 Å². The van der Waals surface area contributed by atoms with E-state index in [9.17, 15) is 17.6 Å². The van der Waals surface area contributed by atoms with E-state index < -0.39 is 21.7 Å². The second kappa shape index (κ2) is 6.07. The molecule has 2 heterocycles. The number of nitrogens with one attached hydrogen (secondary N) is 2. The second-order valence-corrected chi connectivity index (χ2v) is 7.17. The molecule has 1 amide bonds. The van der Waals surface area contributed by atoms with Crippen molar-refractivity contribution in [2.24, 2.45) is 0 Å². The molecule has 0 aliphatic carbocycles. The van der Waals surface area contributed by atoms with E-state index in [-0.39, 0.29) is 11.3 Å². The van der Waals surface area contributed by atoms with Crippen molar-refractivity contribution >= 4 is 32.2 Å². The van der Waals surface area contributed by atoms with Gasteiger partial charge in [-0.15, -0.1) is 16.2 Å². The maximum absolute atomic E-state index is 13.1.